The molecule has 0 aliphatic heterocycles. The molecular weight excluding hydrogens is 278 g/mol. The fourth-order valence-corrected chi connectivity index (χ4v) is 1.99. The summed E-state index contributed by atoms with van der Waals surface area (Å²) in [6, 6.07) is 15.9. The molecule has 0 amide bonds. The van der Waals surface area contributed by atoms with Crippen molar-refractivity contribution < 1.29 is 14.6 Å². The predicted molar refractivity (Wildman–Crippen MR) is 87.2 cm³/mol. The molecule has 0 radical (unpaired) electrons. The topological polar surface area (TPSA) is 58.6 Å². The highest BCUT2D eigenvalue weighted by Gasteiger charge is 2.11. The molecule has 2 rings (SSSR count). The van der Waals surface area contributed by atoms with Crippen LogP contribution in [-0.2, 0) is 11.3 Å². The first-order valence-corrected chi connectivity index (χ1v) is 7.29. The van der Waals surface area contributed by atoms with Crippen LogP contribution >= 0.6 is 0 Å². The molecule has 2 aromatic carbocycles. The number of hydrogen-bond donors (Lipinski definition) is 2. The summed E-state index contributed by atoms with van der Waals surface area (Å²) < 4.78 is 5.45. The van der Waals surface area contributed by atoms with Gasteiger partial charge in [0.2, 0.25) is 0 Å². The largest absolute Gasteiger partial charge is 0.493 e. The number of aliphatic carboxylic acids is 1. The number of aryl methyl sites for hydroxylation is 1. The highest BCUT2D eigenvalue weighted by atomic mass is 16.5. The van der Waals surface area contributed by atoms with Crippen LogP contribution in [0.5, 0.6) is 5.75 Å². The monoisotopic (exact) mass is 299 g/mol. The standard InChI is InChI=1S/C18H21NO3/c1-13-4-3-5-15(10-13)11-19-16-6-8-17(9-7-16)22-12-14(2)18(20)21/h3-10,14,19H,11-12H2,1-2H3,(H,20,21). The molecule has 0 saturated carbocycles. The molecule has 0 bridgehead atoms. The Morgan fingerprint density at radius 2 is 1.95 bits per heavy atom. The van der Waals surface area contributed by atoms with E-state index in [1.165, 1.54) is 11.1 Å². The minimum atomic E-state index is -0.851. The lowest BCUT2D eigenvalue weighted by atomic mass is 10.1. The molecule has 0 aromatic heterocycles. The second kappa shape index (κ2) is 7.50. The molecule has 4 nitrogen and oxygen atoms in total. The van der Waals surface area contributed by atoms with Crippen molar-refractivity contribution in [3.05, 3.63) is 59.7 Å². The van der Waals surface area contributed by atoms with Crippen molar-refractivity contribution in [3.8, 4) is 5.75 Å². The maximum atomic E-state index is 10.7. The van der Waals surface area contributed by atoms with Gasteiger partial charge in [0, 0.05) is 12.2 Å². The maximum Gasteiger partial charge on any atom is 0.309 e. The van der Waals surface area contributed by atoms with Crippen LogP contribution in [-0.4, -0.2) is 17.7 Å². The molecule has 0 aliphatic rings. The Bertz CT molecular complexity index is 622. The van der Waals surface area contributed by atoms with Gasteiger partial charge < -0.3 is 15.2 Å². The molecule has 2 N–H and O–H groups in total. The average molecular weight is 299 g/mol. The fraction of sp³-hybridized carbons (Fsp3) is 0.278. The Morgan fingerprint density at radius 1 is 1.23 bits per heavy atom. The van der Waals surface area contributed by atoms with Crippen LogP contribution in [0.4, 0.5) is 5.69 Å². The molecule has 116 valence electrons. The van der Waals surface area contributed by atoms with E-state index >= 15 is 0 Å². The Balaban J connectivity index is 1.85. The third-order valence-electron chi connectivity index (χ3n) is 3.36. The third-order valence-corrected chi connectivity index (χ3v) is 3.36. The van der Waals surface area contributed by atoms with Gasteiger partial charge in [0.05, 0.1) is 5.92 Å². The van der Waals surface area contributed by atoms with E-state index in [0.29, 0.717) is 5.75 Å². The molecular formula is C18H21NO3. The van der Waals surface area contributed by atoms with E-state index in [1.54, 1.807) is 6.92 Å². The van der Waals surface area contributed by atoms with Crippen molar-refractivity contribution in [1.82, 2.24) is 0 Å². The number of anilines is 1. The van der Waals surface area contributed by atoms with Crippen LogP contribution in [0.3, 0.4) is 0 Å². The summed E-state index contributed by atoms with van der Waals surface area (Å²) in [5.74, 6) is -0.690. The molecule has 0 saturated heterocycles. The van der Waals surface area contributed by atoms with E-state index in [1.807, 2.05) is 30.3 Å². The van der Waals surface area contributed by atoms with Gasteiger partial charge in [0.1, 0.15) is 12.4 Å². The molecule has 1 atom stereocenters. The number of carboxylic acid groups (broad SMARTS) is 1. The molecule has 1 unspecified atom stereocenters. The first-order valence-electron chi connectivity index (χ1n) is 7.29. The number of rotatable bonds is 7. The molecule has 0 heterocycles. The Labute approximate surface area is 130 Å². The van der Waals surface area contributed by atoms with Gasteiger partial charge in [0.25, 0.3) is 0 Å². The summed E-state index contributed by atoms with van der Waals surface area (Å²) in [4.78, 5) is 10.7. The summed E-state index contributed by atoms with van der Waals surface area (Å²) in [6.45, 7) is 4.64. The van der Waals surface area contributed by atoms with Crippen LogP contribution in [0.15, 0.2) is 48.5 Å². The van der Waals surface area contributed by atoms with Gasteiger partial charge >= 0.3 is 5.97 Å². The van der Waals surface area contributed by atoms with Crippen molar-refractivity contribution in [2.24, 2.45) is 5.92 Å². The van der Waals surface area contributed by atoms with Gasteiger partial charge in [-0.3, -0.25) is 4.79 Å². The quantitative estimate of drug-likeness (QED) is 0.818. The van der Waals surface area contributed by atoms with Crippen LogP contribution in [0.2, 0.25) is 0 Å². The molecule has 0 spiro atoms. The highest BCUT2D eigenvalue weighted by Crippen LogP contribution is 2.17. The van der Waals surface area contributed by atoms with Crippen LogP contribution in [0.25, 0.3) is 0 Å². The average Bonchev–Trinajstić information content (AvgIpc) is 2.51. The summed E-state index contributed by atoms with van der Waals surface area (Å²) >= 11 is 0. The van der Waals surface area contributed by atoms with Crippen molar-refractivity contribution in [2.75, 3.05) is 11.9 Å². The zero-order chi connectivity index (χ0) is 15.9. The summed E-state index contributed by atoms with van der Waals surface area (Å²) in [6.07, 6.45) is 0. The van der Waals surface area contributed by atoms with Crippen LogP contribution in [0.1, 0.15) is 18.1 Å². The van der Waals surface area contributed by atoms with E-state index in [4.69, 9.17) is 9.84 Å². The summed E-state index contributed by atoms with van der Waals surface area (Å²) in [5.41, 5.74) is 3.48. The Morgan fingerprint density at radius 3 is 2.59 bits per heavy atom. The zero-order valence-corrected chi connectivity index (χ0v) is 12.9. The normalized spacial score (nSPS) is 11.7. The van der Waals surface area contributed by atoms with Crippen molar-refractivity contribution in [2.45, 2.75) is 20.4 Å². The minimum absolute atomic E-state index is 0.172. The van der Waals surface area contributed by atoms with Crippen molar-refractivity contribution in [1.29, 1.82) is 0 Å². The Hall–Kier alpha value is -2.49. The predicted octanol–water partition coefficient (Wildman–Crippen LogP) is 3.71. The lowest BCUT2D eigenvalue weighted by molar-refractivity contribution is -0.142. The molecule has 22 heavy (non-hydrogen) atoms. The highest BCUT2D eigenvalue weighted by molar-refractivity contribution is 5.69. The van der Waals surface area contributed by atoms with Gasteiger partial charge in [-0.1, -0.05) is 29.8 Å². The van der Waals surface area contributed by atoms with E-state index in [0.717, 1.165) is 12.2 Å². The number of ether oxygens (including phenoxy) is 1. The molecule has 0 fully saturated rings. The second-order valence-corrected chi connectivity index (χ2v) is 5.42. The third kappa shape index (κ3) is 4.81. The second-order valence-electron chi connectivity index (χ2n) is 5.42. The van der Waals surface area contributed by atoms with Crippen LogP contribution < -0.4 is 10.1 Å². The number of hydrogen-bond acceptors (Lipinski definition) is 3. The maximum absolute atomic E-state index is 10.7. The fourth-order valence-electron chi connectivity index (χ4n) is 1.99. The van der Waals surface area contributed by atoms with Gasteiger partial charge in [-0.15, -0.1) is 0 Å². The lowest BCUT2D eigenvalue weighted by Gasteiger charge is -2.11. The van der Waals surface area contributed by atoms with Gasteiger partial charge in [0.15, 0.2) is 0 Å². The zero-order valence-electron chi connectivity index (χ0n) is 12.9. The van der Waals surface area contributed by atoms with E-state index in [9.17, 15) is 4.79 Å². The first-order chi connectivity index (χ1) is 10.5. The number of carbonyl (C=O) groups is 1. The van der Waals surface area contributed by atoms with E-state index in [2.05, 4.69) is 30.4 Å². The number of nitrogens with one attached hydrogen (secondary N) is 1. The SMILES string of the molecule is Cc1cccc(CNc2ccc(OCC(C)C(=O)O)cc2)c1. The summed E-state index contributed by atoms with van der Waals surface area (Å²) in [5, 5.41) is 12.2. The number of benzene rings is 2. The van der Waals surface area contributed by atoms with Gasteiger partial charge in [-0.05, 0) is 43.7 Å². The van der Waals surface area contributed by atoms with E-state index < -0.39 is 11.9 Å². The molecule has 4 heteroatoms. The number of carboxylic acids is 1. The molecule has 0 aliphatic carbocycles. The van der Waals surface area contributed by atoms with Crippen LogP contribution in [0, 0.1) is 12.8 Å². The molecule has 2 aromatic rings. The lowest BCUT2D eigenvalue weighted by Crippen LogP contribution is -2.17. The van der Waals surface area contributed by atoms with Crippen molar-refractivity contribution >= 4 is 11.7 Å². The van der Waals surface area contributed by atoms with Gasteiger partial charge in [-0.2, -0.15) is 0 Å². The van der Waals surface area contributed by atoms with Gasteiger partial charge in [-0.25, -0.2) is 0 Å². The first kappa shape index (κ1) is 15.9. The Kier molecular flexibility index (Phi) is 5.42. The smallest absolute Gasteiger partial charge is 0.309 e. The summed E-state index contributed by atoms with van der Waals surface area (Å²) in [7, 11) is 0. The van der Waals surface area contributed by atoms with E-state index in [-0.39, 0.29) is 6.61 Å². The minimum Gasteiger partial charge on any atom is -0.493 e. The van der Waals surface area contributed by atoms with Crippen molar-refractivity contribution in [3.63, 3.8) is 0 Å².